The number of hydrogen-bond acceptors (Lipinski definition) is 66. The van der Waals surface area contributed by atoms with Gasteiger partial charge in [-0.05, 0) is 0 Å². The summed E-state index contributed by atoms with van der Waals surface area (Å²) in [5.41, 5.74) is 0. The summed E-state index contributed by atoms with van der Waals surface area (Å²) in [6.45, 7) is -2.67. The van der Waals surface area contributed by atoms with Gasteiger partial charge in [0.1, 0.15) is 54.9 Å². The number of rotatable bonds is 46. The largest absolute Gasteiger partial charge is 0.790 e. The van der Waals surface area contributed by atoms with E-state index in [0.29, 0.717) is 6.92 Å². The van der Waals surface area contributed by atoms with E-state index in [1.165, 1.54) is 0 Å². The lowest BCUT2D eigenvalue weighted by atomic mass is 9.75. The minimum Gasteiger partial charge on any atom is -0.790 e. The molecule has 0 aromatic rings. The summed E-state index contributed by atoms with van der Waals surface area (Å²) in [7, 11) is -94.8. The normalized spacial score (nSPS) is 32.2. The Labute approximate surface area is 659 Å². The van der Waals surface area contributed by atoms with Crippen LogP contribution in [0.5, 0.6) is 0 Å². The number of phosphoric ester groups is 15. The van der Waals surface area contributed by atoms with Gasteiger partial charge in [-0.15, -0.1) is 0 Å². The molecule has 81 heteroatoms. The Morgan fingerprint density at radius 3 is 0.407 bits per heavy atom. The minimum atomic E-state index is -6.52. The maximum Gasteiger partial charge on any atom is 0.121 e. The lowest BCUT2D eigenvalue weighted by Gasteiger charge is -2.55. The van der Waals surface area contributed by atoms with Crippen LogP contribution in [0.1, 0.15) is 34.6 Å². The SMILES string of the molecule is C[C@@H]1[C@@H](OP(=O)([O-])[O-])[C@@H](OP(=O)([O-])[O-])[C@@H](OP(=O)([O-])[O-])[C@H](OP(=O)([O-])[O-])[C@H]1OCCOCCO[C@H]1[C@H](C)[C@@H](OP(=O)([O-])[O-])[C@@H](OP(=O)([O-])[O-])[C@@H](C)[C@@H]1OP(=O)([O-])[O-].C[C@@H]1[C@H](OCCOCCO[C@H]2[C@@H](OP(=O)([O-])[O-])[C@H](OP(=O)([O-])[O-])[C@@H](OP(=O)([O-])[O-])[C@H](C)[C@H]2OP(=O)([O-])[O-])[C@H](OP(=O)([O-])[O-])[C@@H](OP(=O)([O-])[O-])[C@H](OP(=O)([O-])[O-])[C@H]1OP(=O)([O-])[O-]. The standard InChI is InChI=1S/C19H43O31P7.C18H42O35P8/c1-8-11(13(44-51(20,21)22)10(3)15(46-53(26,27)28)14(8)45-52(23,24)25)42-6-4-41-5-7-43-12-9(2)16(47-54(29,30)31)18(49-56(35,36)37)19(50-57(38,39)40)17(12)48-55(32,33)34;1-7-9(14(49-57(28,29)30)18(53-61(40,41)42)16(51-59(34,35)36)11(7)47-55(22,23)24)44-5-3-43-4-6-45-13-10(46-54(19,20)21)8(2)12(48-56(25,26)27)15(50-58(31,32)33)17(13)52-60(37,38)39/h8-19H,4-7H2,1-3H3,(H2,20,21,22)(H2,23,24,25)(H2,26,27,28)(H2,29,30,31)(H2,32,33,34)(H2,35,36,37)(H2,38,39,40);7-18H,3-6H2,1-2H3,(H2,19,20,21)(H2,22,23,24)(H2,25,26,27)(H2,28,29,30)(H2,31,32,33)(H2,34,35,36)(H2,37,38,39)(H2,40,41,42)/p-30/t8-,9-,10-,11-,12-,13-,14+,15-,16+,17+,18+,19-;7-,8-,9+,10-,11+,12+,13-,14+,15-,16-,17-,18-/m01/s1. The van der Waals surface area contributed by atoms with Crippen molar-refractivity contribution in [3.8, 4) is 0 Å². The molecule has 0 saturated heterocycles. The number of hydrogen-bond donors (Lipinski definition) is 0. The van der Waals surface area contributed by atoms with Crippen molar-refractivity contribution in [3.05, 3.63) is 0 Å². The summed E-state index contributed by atoms with van der Waals surface area (Å²) in [4.78, 5) is 345. The predicted molar refractivity (Wildman–Crippen MR) is 294 cm³/mol. The molecular formula is C37H55O66P15-30. The first-order valence-electron chi connectivity index (χ1n) is 30.6. The fraction of sp³-hybridized carbons (Fsp3) is 1.00. The third-order valence-electron chi connectivity index (χ3n) is 15.6. The smallest absolute Gasteiger partial charge is 0.121 e. The topological polar surface area (TPSA) is 1140 Å². The van der Waals surface area contributed by atoms with E-state index < -0.39 is 316 Å². The van der Waals surface area contributed by atoms with Gasteiger partial charge in [0, 0.05) is 29.6 Å². The summed E-state index contributed by atoms with van der Waals surface area (Å²) in [5.74, 6) is -9.46. The van der Waals surface area contributed by atoms with Gasteiger partial charge in [0.05, 0.1) is 231 Å². The summed E-state index contributed by atoms with van der Waals surface area (Å²) in [6, 6.07) is 0. The van der Waals surface area contributed by atoms with Gasteiger partial charge in [-0.3, -0.25) is 0 Å². The molecule has 0 radical (unpaired) electrons. The first-order valence-corrected chi connectivity index (χ1v) is 52.5. The average Bonchev–Trinajstić information content (AvgIpc) is 0.773. The lowest BCUT2D eigenvalue weighted by Crippen LogP contribution is -2.64. The van der Waals surface area contributed by atoms with Gasteiger partial charge >= 0.3 is 0 Å². The van der Waals surface area contributed by atoms with Crippen LogP contribution >= 0.6 is 117 Å². The van der Waals surface area contributed by atoms with Crippen molar-refractivity contribution < 1.29 is 312 Å². The summed E-state index contributed by atoms with van der Waals surface area (Å²) in [6.07, 6.45) is -49.8. The quantitative estimate of drug-likeness (QED) is 0.0403. The molecule has 4 fully saturated rings. The second-order valence-corrected chi connectivity index (χ2v) is 40.7. The first-order chi connectivity index (χ1) is 52.4. The highest BCUT2D eigenvalue weighted by Gasteiger charge is 2.58. The molecule has 0 amide bonds. The van der Waals surface area contributed by atoms with E-state index in [0.717, 1.165) is 27.7 Å². The molecule has 66 nitrogen and oxygen atoms in total. The second-order valence-electron chi connectivity index (χ2n) is 24.1. The molecule has 0 unspecified atom stereocenters. The Morgan fingerprint density at radius 1 is 0.144 bits per heavy atom. The highest BCUT2D eigenvalue weighted by atomic mass is 31.2. The molecule has 4 aliphatic rings. The highest BCUT2D eigenvalue weighted by molar-refractivity contribution is 7.46. The van der Waals surface area contributed by atoms with Crippen LogP contribution in [0.4, 0.5) is 0 Å². The monoisotopic (exact) mass is 2020 g/mol. The summed E-state index contributed by atoms with van der Waals surface area (Å²) >= 11 is 0. The molecule has 4 saturated carbocycles. The van der Waals surface area contributed by atoms with Crippen LogP contribution < -0.4 is 147 Å². The van der Waals surface area contributed by atoms with Gasteiger partial charge in [-0.2, -0.15) is 0 Å². The Morgan fingerprint density at radius 2 is 0.237 bits per heavy atom. The number of ether oxygens (including phenoxy) is 6. The highest BCUT2D eigenvalue weighted by Crippen LogP contribution is 2.55. The fourth-order valence-corrected chi connectivity index (χ4v) is 20.6. The van der Waals surface area contributed by atoms with Crippen molar-refractivity contribution >= 4 is 117 Å². The molecule has 0 spiro atoms. The van der Waals surface area contributed by atoms with Crippen LogP contribution in [0.2, 0.25) is 0 Å². The van der Waals surface area contributed by atoms with Crippen LogP contribution in [0.3, 0.4) is 0 Å². The predicted octanol–water partition coefficient (Wildman–Crippen LogP) is -24.0. The van der Waals surface area contributed by atoms with E-state index in [9.17, 15) is 215 Å². The molecule has 24 atom stereocenters. The Hall–Kier alpha value is 1.41. The first kappa shape index (κ1) is 114. The van der Waals surface area contributed by atoms with E-state index in [4.69, 9.17) is 28.4 Å². The minimum absolute atomic E-state index is 0.624. The third kappa shape index (κ3) is 43.0. The summed E-state index contributed by atoms with van der Waals surface area (Å²) < 4.78 is 267. The lowest BCUT2D eigenvalue weighted by molar-refractivity contribution is -0.378. The molecule has 704 valence electrons. The zero-order valence-corrected chi connectivity index (χ0v) is 71.6. The Kier molecular flexibility index (Phi) is 42.4. The van der Waals surface area contributed by atoms with Crippen molar-refractivity contribution in [3.63, 3.8) is 0 Å². The zero-order valence-electron chi connectivity index (χ0n) is 58.2. The van der Waals surface area contributed by atoms with Crippen molar-refractivity contribution in [2.24, 2.45) is 29.6 Å². The van der Waals surface area contributed by atoms with Crippen molar-refractivity contribution in [2.75, 3.05) is 52.9 Å². The molecule has 0 aliphatic heterocycles. The molecule has 4 rings (SSSR count). The van der Waals surface area contributed by atoms with E-state index in [-0.39, 0.29) is 0 Å². The molecule has 118 heavy (non-hydrogen) atoms. The molecule has 0 bridgehead atoms. The van der Waals surface area contributed by atoms with Crippen LogP contribution in [0.25, 0.3) is 0 Å². The van der Waals surface area contributed by atoms with Crippen LogP contribution in [0, 0.1) is 29.6 Å². The molecule has 4 aliphatic carbocycles. The van der Waals surface area contributed by atoms with Crippen molar-refractivity contribution in [2.45, 2.75) is 151 Å². The van der Waals surface area contributed by atoms with Crippen LogP contribution in [-0.4, -0.2) is 169 Å². The molecule has 0 aromatic heterocycles. The Balaban J connectivity index is 0.000000612. The van der Waals surface area contributed by atoms with E-state index >= 15 is 0 Å². The van der Waals surface area contributed by atoms with Gasteiger partial charge in [0.15, 0.2) is 0 Å². The van der Waals surface area contributed by atoms with Gasteiger partial charge in [-0.25, -0.2) is 0 Å². The maximum absolute atomic E-state index is 11.6. The van der Waals surface area contributed by atoms with E-state index in [1.54, 1.807) is 0 Å². The van der Waals surface area contributed by atoms with Gasteiger partial charge in [-0.1, -0.05) is 34.6 Å². The van der Waals surface area contributed by atoms with Crippen molar-refractivity contribution in [1.29, 1.82) is 0 Å². The zero-order chi connectivity index (χ0) is 91.9. The van der Waals surface area contributed by atoms with Gasteiger partial charge in [0.25, 0.3) is 0 Å². The van der Waals surface area contributed by atoms with Gasteiger partial charge < -0.3 is 312 Å². The second kappa shape index (κ2) is 44.1. The third-order valence-corrected chi connectivity index (χ3v) is 23.2. The van der Waals surface area contributed by atoms with E-state index in [1.807, 2.05) is 0 Å². The van der Waals surface area contributed by atoms with Crippen LogP contribution in [-0.2, 0) is 165 Å². The molecular weight excluding hydrogens is 1960 g/mol. The molecule has 0 heterocycles. The Bertz CT molecular complexity index is 3980. The van der Waals surface area contributed by atoms with Gasteiger partial charge in [0.2, 0.25) is 0 Å². The summed E-state index contributed by atoms with van der Waals surface area (Å²) in [5, 5.41) is 0. The molecule has 0 aromatic carbocycles. The van der Waals surface area contributed by atoms with Crippen molar-refractivity contribution in [1.82, 2.24) is 0 Å². The average molecular weight is 2020 g/mol. The van der Waals surface area contributed by atoms with Crippen LogP contribution in [0.15, 0.2) is 0 Å². The maximum atomic E-state index is 11.6. The molecule has 0 N–H and O–H groups in total. The fourth-order valence-electron chi connectivity index (χ4n) is 12.0. The number of phosphoric acid groups is 15. The van der Waals surface area contributed by atoms with E-state index in [2.05, 4.69) is 67.9 Å².